The molecule has 6 heteroatoms. The van der Waals surface area contributed by atoms with Crippen LogP contribution in [0.25, 0.3) is 0 Å². The summed E-state index contributed by atoms with van der Waals surface area (Å²) in [7, 11) is 1.43. The topological polar surface area (TPSA) is 32.7 Å². The molecule has 2 aromatic carbocycles. The predicted molar refractivity (Wildman–Crippen MR) is 81.8 cm³/mol. The van der Waals surface area contributed by atoms with E-state index in [9.17, 15) is 13.6 Å². The van der Waals surface area contributed by atoms with Gasteiger partial charge in [0.25, 0.3) is 12.2 Å². The number of hydrogen-bond acceptors (Lipinski definition) is 2. The Morgan fingerprint density at radius 2 is 1.91 bits per heavy atom. The van der Waals surface area contributed by atoms with E-state index in [1.807, 2.05) is 0 Å². The van der Waals surface area contributed by atoms with E-state index in [1.165, 1.54) is 25.2 Å². The van der Waals surface area contributed by atoms with Gasteiger partial charge in [0.15, 0.2) is 0 Å². The second-order valence-electron chi connectivity index (χ2n) is 4.85. The molecule has 1 heterocycles. The molecule has 0 bridgehead atoms. The highest BCUT2D eigenvalue weighted by Crippen LogP contribution is 2.30. The van der Waals surface area contributed by atoms with Crippen molar-refractivity contribution in [2.75, 3.05) is 11.9 Å². The summed E-state index contributed by atoms with van der Waals surface area (Å²) in [6.07, 6.45) is -2.06. The third-order valence-corrected chi connectivity index (χ3v) is 3.81. The van der Waals surface area contributed by atoms with Gasteiger partial charge < -0.3 is 4.90 Å². The van der Waals surface area contributed by atoms with Gasteiger partial charge in [0.05, 0.1) is 11.4 Å². The van der Waals surface area contributed by atoms with E-state index in [0.717, 1.165) is 4.90 Å². The number of likely N-dealkylation sites (N-methyl/N-ethyl adjacent to an activating group) is 1. The maximum Gasteiger partial charge on any atom is 0.284 e. The quantitative estimate of drug-likeness (QED) is 0.739. The molecule has 0 aromatic heterocycles. The van der Waals surface area contributed by atoms with Crippen LogP contribution in [0.4, 0.5) is 14.5 Å². The van der Waals surface area contributed by atoms with Crippen LogP contribution in [0.1, 0.15) is 11.1 Å². The number of rotatable bonds is 1. The molecule has 1 amide bonds. The molecule has 3 nitrogen and oxygen atoms in total. The standard InChI is InChI=1S/C16H11ClF2N2O/c1-21-13-7-6-9(18)8-11(13)14(20-15(19)16(21)22)10-4-2-3-5-12(10)17/h2-8,15H,1H3. The van der Waals surface area contributed by atoms with Crippen molar-refractivity contribution in [3.8, 4) is 0 Å². The van der Waals surface area contributed by atoms with Gasteiger partial charge in [0.2, 0.25) is 0 Å². The number of carbonyl (C=O) groups is 1. The minimum Gasteiger partial charge on any atom is -0.311 e. The van der Waals surface area contributed by atoms with Crippen molar-refractivity contribution < 1.29 is 13.6 Å². The number of benzodiazepines with no additional fused rings is 1. The number of fused-ring (bicyclic) bond motifs is 1. The molecule has 3 rings (SSSR count). The summed E-state index contributed by atoms with van der Waals surface area (Å²) in [5, 5.41) is 0.348. The molecule has 1 unspecified atom stereocenters. The molecule has 1 atom stereocenters. The van der Waals surface area contributed by atoms with Crippen molar-refractivity contribution in [1.29, 1.82) is 0 Å². The summed E-state index contributed by atoms with van der Waals surface area (Å²) in [4.78, 5) is 16.9. The lowest BCUT2D eigenvalue weighted by atomic mass is 10.00. The number of carbonyl (C=O) groups excluding carboxylic acids is 1. The Labute approximate surface area is 130 Å². The van der Waals surface area contributed by atoms with Gasteiger partial charge in [-0.15, -0.1) is 0 Å². The van der Waals surface area contributed by atoms with Crippen LogP contribution in [0.5, 0.6) is 0 Å². The molecule has 0 spiro atoms. The van der Waals surface area contributed by atoms with E-state index in [1.54, 1.807) is 24.3 Å². The maximum absolute atomic E-state index is 14.1. The molecule has 2 aromatic rings. The van der Waals surface area contributed by atoms with Gasteiger partial charge in [-0.25, -0.2) is 13.8 Å². The first-order valence-electron chi connectivity index (χ1n) is 6.53. The average Bonchev–Trinajstić information content (AvgIpc) is 2.59. The molecule has 112 valence electrons. The SMILES string of the molecule is CN1C(=O)C(F)N=C(c2ccccc2Cl)c2cc(F)ccc21. The van der Waals surface area contributed by atoms with Crippen LogP contribution in [0, 0.1) is 5.82 Å². The molecular weight excluding hydrogens is 310 g/mol. The van der Waals surface area contributed by atoms with E-state index in [4.69, 9.17) is 11.6 Å². The lowest BCUT2D eigenvalue weighted by Crippen LogP contribution is -2.32. The Morgan fingerprint density at radius 1 is 1.18 bits per heavy atom. The molecule has 22 heavy (non-hydrogen) atoms. The van der Waals surface area contributed by atoms with Gasteiger partial charge in [-0.1, -0.05) is 29.8 Å². The largest absolute Gasteiger partial charge is 0.311 e. The van der Waals surface area contributed by atoms with Crippen molar-refractivity contribution in [3.05, 3.63) is 64.4 Å². The zero-order valence-electron chi connectivity index (χ0n) is 11.6. The van der Waals surface area contributed by atoms with Crippen molar-refractivity contribution in [3.63, 3.8) is 0 Å². The predicted octanol–water partition coefficient (Wildman–Crippen LogP) is 3.59. The zero-order chi connectivity index (χ0) is 15.9. The molecule has 0 fully saturated rings. The van der Waals surface area contributed by atoms with E-state index < -0.39 is 18.0 Å². The van der Waals surface area contributed by atoms with Gasteiger partial charge in [-0.3, -0.25) is 4.79 Å². The molecule has 0 aliphatic carbocycles. The molecule has 0 saturated carbocycles. The number of benzene rings is 2. The van der Waals surface area contributed by atoms with Crippen LogP contribution in [-0.2, 0) is 4.79 Å². The maximum atomic E-state index is 14.1. The van der Waals surface area contributed by atoms with E-state index in [0.29, 0.717) is 21.8 Å². The molecule has 0 N–H and O–H groups in total. The van der Waals surface area contributed by atoms with E-state index in [-0.39, 0.29) is 5.71 Å². The smallest absolute Gasteiger partial charge is 0.284 e. The third kappa shape index (κ3) is 2.37. The first-order valence-corrected chi connectivity index (χ1v) is 6.91. The van der Waals surface area contributed by atoms with Crippen molar-refractivity contribution in [1.82, 2.24) is 0 Å². The van der Waals surface area contributed by atoms with Crippen LogP contribution in [-0.4, -0.2) is 25.0 Å². The number of amides is 1. The van der Waals surface area contributed by atoms with Gasteiger partial charge in [-0.2, -0.15) is 0 Å². The number of hydrogen-bond donors (Lipinski definition) is 0. The summed E-state index contributed by atoms with van der Waals surface area (Å²) in [6.45, 7) is 0. The Balaban J connectivity index is 2.31. The first-order chi connectivity index (χ1) is 10.5. The van der Waals surface area contributed by atoms with Crippen LogP contribution >= 0.6 is 11.6 Å². The highest BCUT2D eigenvalue weighted by molar-refractivity contribution is 6.36. The zero-order valence-corrected chi connectivity index (χ0v) is 12.3. The van der Waals surface area contributed by atoms with Gasteiger partial charge >= 0.3 is 0 Å². The van der Waals surface area contributed by atoms with Crippen LogP contribution in [0.3, 0.4) is 0 Å². The number of nitrogens with zero attached hydrogens (tertiary/aromatic N) is 2. The monoisotopic (exact) mass is 320 g/mol. The normalized spacial score (nSPS) is 17.8. The van der Waals surface area contributed by atoms with Gasteiger partial charge in [-0.05, 0) is 24.3 Å². The third-order valence-electron chi connectivity index (χ3n) is 3.48. The summed E-state index contributed by atoms with van der Waals surface area (Å²) in [5.41, 5.74) is 1.31. The number of halogens is 3. The second kappa shape index (κ2) is 5.50. The number of anilines is 1. The van der Waals surface area contributed by atoms with Crippen LogP contribution < -0.4 is 4.90 Å². The summed E-state index contributed by atoms with van der Waals surface area (Å²) < 4.78 is 27.8. The van der Waals surface area contributed by atoms with Gasteiger partial charge in [0, 0.05) is 23.2 Å². The minimum absolute atomic E-state index is 0.158. The molecule has 1 aliphatic rings. The Hall–Kier alpha value is -2.27. The average molecular weight is 321 g/mol. The summed E-state index contributed by atoms with van der Waals surface area (Å²) in [5.74, 6) is -1.31. The van der Waals surface area contributed by atoms with E-state index in [2.05, 4.69) is 4.99 Å². The summed E-state index contributed by atoms with van der Waals surface area (Å²) >= 11 is 6.14. The van der Waals surface area contributed by atoms with Crippen LogP contribution in [0.2, 0.25) is 5.02 Å². The Morgan fingerprint density at radius 3 is 2.64 bits per heavy atom. The fraction of sp³-hybridized carbons (Fsp3) is 0.125. The molecule has 0 saturated heterocycles. The fourth-order valence-corrected chi connectivity index (χ4v) is 2.60. The number of alkyl halides is 1. The molecule has 1 aliphatic heterocycles. The van der Waals surface area contributed by atoms with Crippen LogP contribution in [0.15, 0.2) is 47.5 Å². The van der Waals surface area contributed by atoms with Crippen molar-refractivity contribution in [2.24, 2.45) is 4.99 Å². The summed E-state index contributed by atoms with van der Waals surface area (Å²) in [6, 6.07) is 10.6. The molecular formula is C16H11ClF2N2O. The first kappa shape index (κ1) is 14.7. The Kier molecular flexibility index (Phi) is 3.66. The highest BCUT2D eigenvalue weighted by Gasteiger charge is 2.30. The lowest BCUT2D eigenvalue weighted by molar-refractivity contribution is -0.122. The van der Waals surface area contributed by atoms with Crippen molar-refractivity contribution in [2.45, 2.75) is 6.30 Å². The molecule has 0 radical (unpaired) electrons. The fourth-order valence-electron chi connectivity index (χ4n) is 2.37. The van der Waals surface area contributed by atoms with E-state index >= 15 is 0 Å². The van der Waals surface area contributed by atoms with Gasteiger partial charge in [0.1, 0.15) is 5.82 Å². The number of aliphatic imine (C=N–C) groups is 1. The second-order valence-corrected chi connectivity index (χ2v) is 5.26. The Bertz CT molecular complexity index is 791. The lowest BCUT2D eigenvalue weighted by Gasteiger charge is -2.18. The highest BCUT2D eigenvalue weighted by atomic mass is 35.5. The minimum atomic E-state index is -2.06. The van der Waals surface area contributed by atoms with Crippen molar-refractivity contribution >= 4 is 28.9 Å².